The molecule has 1 atom stereocenters. The van der Waals surface area contributed by atoms with Crippen LogP contribution in [0, 0.1) is 0 Å². The number of carbonyl (C=O) groups excluding carboxylic acids is 2. The standard InChI is InChI=1S/C10H18BrNO3/c1-8(10(14)15-2)12-9(13)6-4-3-5-7-11/h8H,3-7H2,1-2H3,(H,12,13)/t8-/m0/s1. The molecule has 0 aromatic rings. The van der Waals surface area contributed by atoms with Crippen LogP contribution in [0.2, 0.25) is 0 Å². The van der Waals surface area contributed by atoms with Gasteiger partial charge in [0.25, 0.3) is 0 Å². The molecule has 88 valence electrons. The maximum Gasteiger partial charge on any atom is 0.328 e. The van der Waals surface area contributed by atoms with Crippen molar-refractivity contribution in [3.63, 3.8) is 0 Å². The number of rotatable bonds is 7. The molecule has 0 rings (SSSR count). The monoisotopic (exact) mass is 279 g/mol. The number of nitrogens with one attached hydrogen (secondary N) is 1. The Morgan fingerprint density at radius 1 is 1.33 bits per heavy atom. The first-order valence-electron chi connectivity index (χ1n) is 5.05. The fourth-order valence-electron chi connectivity index (χ4n) is 1.11. The van der Waals surface area contributed by atoms with Crippen LogP contribution in [0.4, 0.5) is 0 Å². The van der Waals surface area contributed by atoms with Gasteiger partial charge in [-0.25, -0.2) is 4.79 Å². The van der Waals surface area contributed by atoms with Crippen LogP contribution >= 0.6 is 15.9 Å². The molecule has 0 aliphatic heterocycles. The smallest absolute Gasteiger partial charge is 0.328 e. The molecule has 0 bridgehead atoms. The zero-order chi connectivity index (χ0) is 11.7. The summed E-state index contributed by atoms with van der Waals surface area (Å²) in [5, 5.41) is 3.55. The van der Waals surface area contributed by atoms with Crippen molar-refractivity contribution in [2.75, 3.05) is 12.4 Å². The molecular formula is C10H18BrNO3. The van der Waals surface area contributed by atoms with Crippen LogP contribution in [0.1, 0.15) is 32.6 Å². The number of ether oxygens (including phenoxy) is 1. The van der Waals surface area contributed by atoms with Crippen LogP contribution in [-0.4, -0.2) is 30.4 Å². The van der Waals surface area contributed by atoms with Gasteiger partial charge in [-0.1, -0.05) is 22.4 Å². The highest BCUT2D eigenvalue weighted by Crippen LogP contribution is 2.02. The van der Waals surface area contributed by atoms with Crippen molar-refractivity contribution >= 4 is 27.8 Å². The lowest BCUT2D eigenvalue weighted by atomic mass is 10.2. The molecule has 0 aromatic carbocycles. The number of alkyl halides is 1. The molecule has 0 fully saturated rings. The Bertz CT molecular complexity index is 209. The number of methoxy groups -OCH3 is 1. The van der Waals surface area contributed by atoms with Gasteiger partial charge in [0.15, 0.2) is 0 Å². The minimum absolute atomic E-state index is 0.0949. The van der Waals surface area contributed by atoms with Crippen molar-refractivity contribution < 1.29 is 14.3 Å². The van der Waals surface area contributed by atoms with E-state index >= 15 is 0 Å². The zero-order valence-corrected chi connectivity index (χ0v) is 10.8. The molecule has 0 spiro atoms. The highest BCUT2D eigenvalue weighted by Gasteiger charge is 2.14. The first-order valence-corrected chi connectivity index (χ1v) is 6.17. The molecular weight excluding hydrogens is 262 g/mol. The summed E-state index contributed by atoms with van der Waals surface area (Å²) in [5.74, 6) is -0.508. The van der Waals surface area contributed by atoms with E-state index in [0.29, 0.717) is 6.42 Å². The molecule has 0 aliphatic carbocycles. The van der Waals surface area contributed by atoms with Gasteiger partial charge in [0.05, 0.1) is 7.11 Å². The summed E-state index contributed by atoms with van der Waals surface area (Å²) in [6.45, 7) is 1.61. The van der Waals surface area contributed by atoms with Crippen molar-refractivity contribution in [1.29, 1.82) is 0 Å². The van der Waals surface area contributed by atoms with E-state index in [9.17, 15) is 9.59 Å². The number of carbonyl (C=O) groups is 2. The van der Waals surface area contributed by atoms with Crippen LogP contribution in [0.25, 0.3) is 0 Å². The summed E-state index contributed by atoms with van der Waals surface area (Å²) >= 11 is 3.32. The van der Waals surface area contributed by atoms with E-state index in [4.69, 9.17) is 0 Å². The third-order valence-electron chi connectivity index (χ3n) is 1.97. The summed E-state index contributed by atoms with van der Waals surface area (Å²) in [6, 6.07) is -0.557. The molecule has 0 radical (unpaired) electrons. The second kappa shape index (κ2) is 8.71. The van der Waals surface area contributed by atoms with E-state index < -0.39 is 12.0 Å². The first kappa shape index (κ1) is 14.4. The summed E-state index contributed by atoms with van der Waals surface area (Å²) < 4.78 is 4.50. The number of unbranched alkanes of at least 4 members (excludes halogenated alkanes) is 2. The molecule has 1 amide bonds. The normalized spacial score (nSPS) is 11.9. The predicted molar refractivity (Wildman–Crippen MR) is 61.9 cm³/mol. The topological polar surface area (TPSA) is 55.4 Å². The molecule has 0 saturated heterocycles. The van der Waals surface area contributed by atoms with E-state index in [2.05, 4.69) is 26.0 Å². The lowest BCUT2D eigenvalue weighted by molar-refractivity contribution is -0.144. The number of hydrogen-bond donors (Lipinski definition) is 1. The molecule has 0 unspecified atom stereocenters. The molecule has 0 aromatic heterocycles. The second-order valence-corrected chi connectivity index (χ2v) is 4.11. The molecule has 1 N–H and O–H groups in total. The largest absolute Gasteiger partial charge is 0.467 e. The lowest BCUT2D eigenvalue weighted by Crippen LogP contribution is -2.38. The minimum Gasteiger partial charge on any atom is -0.467 e. The highest BCUT2D eigenvalue weighted by atomic mass is 79.9. The average molecular weight is 280 g/mol. The summed E-state index contributed by atoms with van der Waals surface area (Å²) in [7, 11) is 1.31. The summed E-state index contributed by atoms with van der Waals surface area (Å²) in [6.07, 6.45) is 3.41. The maximum absolute atomic E-state index is 11.3. The van der Waals surface area contributed by atoms with E-state index in [1.165, 1.54) is 7.11 Å². The van der Waals surface area contributed by atoms with Crippen LogP contribution < -0.4 is 5.32 Å². The first-order chi connectivity index (χ1) is 7.11. The van der Waals surface area contributed by atoms with Gasteiger partial charge in [0, 0.05) is 11.8 Å². The zero-order valence-electron chi connectivity index (χ0n) is 9.22. The van der Waals surface area contributed by atoms with E-state index in [1.54, 1.807) is 6.92 Å². The fraction of sp³-hybridized carbons (Fsp3) is 0.800. The number of amides is 1. The van der Waals surface area contributed by atoms with Crippen molar-refractivity contribution in [1.82, 2.24) is 5.32 Å². The minimum atomic E-state index is -0.557. The van der Waals surface area contributed by atoms with E-state index in [-0.39, 0.29) is 5.91 Å². The molecule has 15 heavy (non-hydrogen) atoms. The van der Waals surface area contributed by atoms with Crippen LogP contribution in [-0.2, 0) is 14.3 Å². The second-order valence-electron chi connectivity index (χ2n) is 3.31. The number of hydrogen-bond acceptors (Lipinski definition) is 3. The van der Waals surface area contributed by atoms with Crippen LogP contribution in [0.15, 0.2) is 0 Å². The average Bonchev–Trinajstić information content (AvgIpc) is 2.23. The summed E-state index contributed by atoms with van der Waals surface area (Å²) in [5.41, 5.74) is 0. The third kappa shape index (κ3) is 7.36. The van der Waals surface area contributed by atoms with Gasteiger partial charge < -0.3 is 10.1 Å². The van der Waals surface area contributed by atoms with E-state index in [0.717, 1.165) is 24.6 Å². The van der Waals surface area contributed by atoms with Crippen molar-refractivity contribution in [3.8, 4) is 0 Å². The van der Waals surface area contributed by atoms with Gasteiger partial charge in [-0.3, -0.25) is 4.79 Å². The highest BCUT2D eigenvalue weighted by molar-refractivity contribution is 9.09. The Balaban J connectivity index is 3.60. The quantitative estimate of drug-likeness (QED) is 0.438. The number of halogens is 1. The predicted octanol–water partition coefficient (Wildman–Crippen LogP) is 1.62. The van der Waals surface area contributed by atoms with Gasteiger partial charge in [-0.05, 0) is 19.8 Å². The van der Waals surface area contributed by atoms with Gasteiger partial charge in [0.2, 0.25) is 5.91 Å². The Morgan fingerprint density at radius 3 is 2.53 bits per heavy atom. The SMILES string of the molecule is COC(=O)[C@H](C)NC(=O)CCCCCBr. The van der Waals surface area contributed by atoms with Gasteiger partial charge >= 0.3 is 5.97 Å². The van der Waals surface area contributed by atoms with Crippen molar-refractivity contribution in [2.24, 2.45) is 0 Å². The molecule has 0 heterocycles. The Labute approximate surface area is 98.9 Å². The molecule has 4 nitrogen and oxygen atoms in total. The van der Waals surface area contributed by atoms with Crippen LogP contribution in [0.3, 0.4) is 0 Å². The van der Waals surface area contributed by atoms with Gasteiger partial charge in [-0.2, -0.15) is 0 Å². The third-order valence-corrected chi connectivity index (χ3v) is 2.53. The number of esters is 1. The maximum atomic E-state index is 11.3. The Morgan fingerprint density at radius 2 is 2.00 bits per heavy atom. The Hall–Kier alpha value is -0.580. The fourth-order valence-corrected chi connectivity index (χ4v) is 1.50. The van der Waals surface area contributed by atoms with Crippen molar-refractivity contribution in [3.05, 3.63) is 0 Å². The molecule has 5 heteroatoms. The molecule has 0 aliphatic rings. The van der Waals surface area contributed by atoms with Crippen molar-refractivity contribution in [2.45, 2.75) is 38.6 Å². The molecule has 0 saturated carbocycles. The lowest BCUT2D eigenvalue weighted by Gasteiger charge is -2.11. The van der Waals surface area contributed by atoms with Gasteiger partial charge in [0.1, 0.15) is 6.04 Å². The van der Waals surface area contributed by atoms with Gasteiger partial charge in [-0.15, -0.1) is 0 Å². The Kier molecular flexibility index (Phi) is 8.37. The van der Waals surface area contributed by atoms with Crippen LogP contribution in [0.5, 0.6) is 0 Å². The summed E-state index contributed by atoms with van der Waals surface area (Å²) in [4.78, 5) is 22.3. The van der Waals surface area contributed by atoms with E-state index in [1.807, 2.05) is 0 Å².